The lowest BCUT2D eigenvalue weighted by Crippen LogP contribution is -2.36. The molecule has 1 saturated heterocycles. The molecule has 1 aliphatic heterocycles. The van der Waals surface area contributed by atoms with Crippen LogP contribution in [0.1, 0.15) is 12.1 Å². The van der Waals surface area contributed by atoms with Crippen LogP contribution < -0.4 is 9.80 Å². The maximum absolute atomic E-state index is 13.4. The van der Waals surface area contributed by atoms with Gasteiger partial charge in [-0.3, -0.25) is 0 Å². The maximum Gasteiger partial charge on any atom is 0.225 e. The molecule has 7 heteroatoms. The lowest BCUT2D eigenvalue weighted by Gasteiger charge is -2.25. The van der Waals surface area contributed by atoms with Crippen LogP contribution in [0.4, 0.5) is 16.2 Å². The molecule has 1 unspecified atom stereocenters. The number of hydrogen-bond donors (Lipinski definition) is 0. The highest BCUT2D eigenvalue weighted by Gasteiger charge is 2.29. The molecule has 0 bridgehead atoms. The van der Waals surface area contributed by atoms with Crippen LogP contribution in [-0.4, -0.2) is 46.1 Å². The minimum atomic E-state index is -0.284. The van der Waals surface area contributed by atoms with Crippen LogP contribution >= 0.6 is 0 Å². The Hall–Kier alpha value is -2.83. The molecule has 128 valence electrons. The van der Waals surface area contributed by atoms with E-state index in [4.69, 9.17) is 0 Å². The fourth-order valence-corrected chi connectivity index (χ4v) is 3.29. The van der Waals surface area contributed by atoms with Gasteiger partial charge in [0.05, 0.1) is 11.6 Å². The average Bonchev–Trinajstić information content (AvgIpc) is 3.10. The second-order valence-electron chi connectivity index (χ2n) is 6.36. The van der Waals surface area contributed by atoms with Gasteiger partial charge in [0, 0.05) is 43.5 Å². The van der Waals surface area contributed by atoms with Crippen molar-refractivity contribution in [1.29, 1.82) is 0 Å². The number of nitrogens with zero attached hydrogens (tertiary/aromatic N) is 6. The fourth-order valence-electron chi connectivity index (χ4n) is 3.29. The highest BCUT2D eigenvalue weighted by molar-refractivity contribution is 5.89. The van der Waals surface area contributed by atoms with Gasteiger partial charge in [0.15, 0.2) is 0 Å². The summed E-state index contributed by atoms with van der Waals surface area (Å²) in [5, 5.41) is 0.874. The van der Waals surface area contributed by atoms with Crippen molar-refractivity contribution in [3.63, 3.8) is 0 Å². The van der Waals surface area contributed by atoms with E-state index in [1.54, 1.807) is 12.3 Å². The minimum Gasteiger partial charge on any atom is -0.354 e. The molecule has 0 radical (unpaired) electrons. The number of fused-ring (bicyclic) bond motifs is 1. The first-order valence-corrected chi connectivity index (χ1v) is 8.29. The molecular formula is C18H19FN6. The summed E-state index contributed by atoms with van der Waals surface area (Å²) < 4.78 is 13.4. The normalized spacial score (nSPS) is 17.2. The maximum atomic E-state index is 13.4. The summed E-state index contributed by atoms with van der Waals surface area (Å²) in [6.45, 7) is 3.66. The summed E-state index contributed by atoms with van der Waals surface area (Å²) >= 11 is 0. The zero-order chi connectivity index (χ0) is 17.4. The van der Waals surface area contributed by atoms with E-state index >= 15 is 0 Å². The van der Waals surface area contributed by atoms with Crippen LogP contribution in [-0.2, 0) is 0 Å². The van der Waals surface area contributed by atoms with Crippen molar-refractivity contribution in [3.05, 3.63) is 48.3 Å². The number of anilines is 2. The van der Waals surface area contributed by atoms with E-state index in [1.165, 1.54) is 18.5 Å². The number of aromatic nitrogens is 4. The Balaban J connectivity index is 1.59. The Morgan fingerprint density at radius 3 is 2.92 bits per heavy atom. The van der Waals surface area contributed by atoms with Gasteiger partial charge in [-0.25, -0.2) is 24.3 Å². The Kier molecular flexibility index (Phi) is 3.91. The Labute approximate surface area is 145 Å². The molecule has 6 nitrogen and oxygen atoms in total. The first-order chi connectivity index (χ1) is 12.1. The Morgan fingerprint density at radius 2 is 2.08 bits per heavy atom. The van der Waals surface area contributed by atoms with E-state index in [1.807, 2.05) is 20.0 Å². The third-order valence-corrected chi connectivity index (χ3v) is 4.69. The Morgan fingerprint density at radius 1 is 1.20 bits per heavy atom. The van der Waals surface area contributed by atoms with Crippen molar-refractivity contribution in [2.45, 2.75) is 19.4 Å². The Bertz CT molecular complexity index is 915. The van der Waals surface area contributed by atoms with E-state index < -0.39 is 0 Å². The smallest absolute Gasteiger partial charge is 0.225 e. The van der Waals surface area contributed by atoms with Gasteiger partial charge in [-0.15, -0.1) is 0 Å². The van der Waals surface area contributed by atoms with Crippen molar-refractivity contribution >= 4 is 22.7 Å². The number of halogens is 1. The monoisotopic (exact) mass is 338 g/mol. The fraction of sp³-hybridized carbons (Fsp3) is 0.333. The molecule has 1 aromatic carbocycles. The second kappa shape index (κ2) is 6.23. The topological polar surface area (TPSA) is 58.0 Å². The molecule has 0 spiro atoms. The van der Waals surface area contributed by atoms with Gasteiger partial charge in [0.2, 0.25) is 5.95 Å². The number of hydrogen-bond acceptors (Lipinski definition) is 6. The van der Waals surface area contributed by atoms with Gasteiger partial charge in [-0.05, 0) is 31.5 Å². The molecule has 1 atom stereocenters. The number of aryl methyl sites for hydroxylation is 1. The van der Waals surface area contributed by atoms with E-state index in [-0.39, 0.29) is 5.82 Å². The van der Waals surface area contributed by atoms with E-state index in [2.05, 4.69) is 29.7 Å². The lowest BCUT2D eigenvalue weighted by molar-refractivity contribution is 0.629. The number of benzene rings is 1. The van der Waals surface area contributed by atoms with Crippen LogP contribution in [0.15, 0.2) is 36.8 Å². The van der Waals surface area contributed by atoms with Gasteiger partial charge in [-0.2, -0.15) is 0 Å². The molecule has 25 heavy (non-hydrogen) atoms. The molecule has 0 saturated carbocycles. The van der Waals surface area contributed by atoms with E-state index in [0.29, 0.717) is 11.6 Å². The number of rotatable bonds is 3. The van der Waals surface area contributed by atoms with Crippen LogP contribution in [0.3, 0.4) is 0 Å². The molecule has 2 aromatic heterocycles. The van der Waals surface area contributed by atoms with Gasteiger partial charge >= 0.3 is 0 Å². The number of likely N-dealkylation sites (N-methyl/N-ethyl adjacent to an activating group) is 1. The first-order valence-electron chi connectivity index (χ1n) is 8.29. The predicted molar refractivity (Wildman–Crippen MR) is 95.3 cm³/mol. The predicted octanol–water partition coefficient (Wildman–Crippen LogP) is 2.58. The summed E-state index contributed by atoms with van der Waals surface area (Å²) in [5.41, 5.74) is 1.58. The van der Waals surface area contributed by atoms with E-state index in [9.17, 15) is 4.39 Å². The first kappa shape index (κ1) is 15.7. The highest BCUT2D eigenvalue weighted by atomic mass is 19.1. The van der Waals surface area contributed by atoms with Gasteiger partial charge in [0.1, 0.15) is 18.0 Å². The molecule has 3 aromatic rings. The zero-order valence-corrected chi connectivity index (χ0v) is 14.2. The third kappa shape index (κ3) is 2.97. The molecule has 3 heterocycles. The highest BCUT2D eigenvalue weighted by Crippen LogP contribution is 2.28. The standard InChI is InChI=1S/C18H19FN6/c1-12-5-7-20-18(23-12)24(2)14-6-8-25(10-14)17-15-4-3-13(19)9-16(15)21-11-22-17/h3-5,7,9,11,14H,6,8,10H2,1-2H3. The van der Waals surface area contributed by atoms with Gasteiger partial charge in [-0.1, -0.05) is 0 Å². The van der Waals surface area contributed by atoms with Crippen LogP contribution in [0, 0.1) is 12.7 Å². The molecular weight excluding hydrogens is 319 g/mol. The van der Waals surface area contributed by atoms with Crippen LogP contribution in [0.25, 0.3) is 10.9 Å². The van der Waals surface area contributed by atoms with Gasteiger partial charge < -0.3 is 9.80 Å². The average molecular weight is 338 g/mol. The third-order valence-electron chi connectivity index (χ3n) is 4.69. The molecule has 4 rings (SSSR count). The van der Waals surface area contributed by atoms with Crippen LogP contribution in [0.2, 0.25) is 0 Å². The quantitative estimate of drug-likeness (QED) is 0.732. The van der Waals surface area contributed by atoms with Crippen LogP contribution in [0.5, 0.6) is 0 Å². The van der Waals surface area contributed by atoms with E-state index in [0.717, 1.165) is 42.4 Å². The van der Waals surface area contributed by atoms with Crippen molar-refractivity contribution in [2.75, 3.05) is 29.9 Å². The molecule has 0 N–H and O–H groups in total. The minimum absolute atomic E-state index is 0.284. The summed E-state index contributed by atoms with van der Waals surface area (Å²) in [7, 11) is 2.02. The van der Waals surface area contributed by atoms with Crippen molar-refractivity contribution < 1.29 is 4.39 Å². The molecule has 1 aliphatic rings. The van der Waals surface area contributed by atoms with Crippen molar-refractivity contribution in [1.82, 2.24) is 19.9 Å². The lowest BCUT2D eigenvalue weighted by atomic mass is 10.2. The zero-order valence-electron chi connectivity index (χ0n) is 14.2. The SMILES string of the molecule is Cc1ccnc(N(C)C2CCN(c3ncnc4cc(F)ccc34)C2)n1. The summed E-state index contributed by atoms with van der Waals surface area (Å²) in [6, 6.07) is 6.84. The molecule has 1 fully saturated rings. The second-order valence-corrected chi connectivity index (χ2v) is 6.36. The molecule has 0 aliphatic carbocycles. The van der Waals surface area contributed by atoms with Gasteiger partial charge in [0.25, 0.3) is 0 Å². The largest absolute Gasteiger partial charge is 0.354 e. The van der Waals surface area contributed by atoms with Crippen molar-refractivity contribution in [3.8, 4) is 0 Å². The molecule has 0 amide bonds. The summed E-state index contributed by atoms with van der Waals surface area (Å²) in [6.07, 6.45) is 4.27. The summed E-state index contributed by atoms with van der Waals surface area (Å²) in [4.78, 5) is 21.8. The van der Waals surface area contributed by atoms with Crippen molar-refractivity contribution in [2.24, 2.45) is 0 Å². The summed E-state index contributed by atoms with van der Waals surface area (Å²) in [5.74, 6) is 1.31.